The molecule has 0 aliphatic carbocycles. The van der Waals surface area contributed by atoms with Crippen molar-refractivity contribution in [2.24, 2.45) is 0 Å². The van der Waals surface area contributed by atoms with Crippen molar-refractivity contribution in [2.45, 2.75) is 44.7 Å². The van der Waals surface area contributed by atoms with E-state index in [2.05, 4.69) is 16.0 Å². The molecule has 1 aromatic carbocycles. The Hall–Kier alpha value is -2.18. The molecule has 3 N–H and O–H groups in total. The van der Waals surface area contributed by atoms with E-state index in [1.54, 1.807) is 6.92 Å². The molecule has 126 valence electrons. The number of carbonyl (C=O) groups is 2. The molecule has 7 heteroatoms. The van der Waals surface area contributed by atoms with Gasteiger partial charge in [-0.25, -0.2) is 13.6 Å². The molecule has 0 aromatic heterocycles. The zero-order valence-corrected chi connectivity index (χ0v) is 13.0. The summed E-state index contributed by atoms with van der Waals surface area (Å²) in [6.45, 7) is 2.36. The van der Waals surface area contributed by atoms with Crippen LogP contribution in [0.1, 0.15) is 44.2 Å². The maximum Gasteiger partial charge on any atom is 0.315 e. The van der Waals surface area contributed by atoms with Crippen LogP contribution in [0.2, 0.25) is 0 Å². The molecule has 2 rings (SSSR count). The number of hydrogen-bond donors (Lipinski definition) is 3. The fourth-order valence-corrected chi connectivity index (χ4v) is 2.62. The fraction of sp³-hybridized carbons (Fsp3) is 0.500. The first-order chi connectivity index (χ1) is 11.0. The number of amides is 3. The third kappa shape index (κ3) is 4.64. The Kier molecular flexibility index (Phi) is 5.90. The van der Waals surface area contributed by atoms with E-state index in [0.717, 1.165) is 31.0 Å². The second-order valence-corrected chi connectivity index (χ2v) is 5.58. The third-order valence-corrected chi connectivity index (χ3v) is 3.89. The lowest BCUT2D eigenvalue weighted by atomic mass is 10.0. The smallest absolute Gasteiger partial charge is 0.315 e. The summed E-state index contributed by atoms with van der Waals surface area (Å²) >= 11 is 0. The fourth-order valence-electron chi connectivity index (χ4n) is 2.62. The van der Waals surface area contributed by atoms with Gasteiger partial charge in [0.25, 0.3) is 0 Å². The second-order valence-electron chi connectivity index (χ2n) is 5.58. The molecular weight excluding hydrogens is 304 g/mol. The molecule has 23 heavy (non-hydrogen) atoms. The van der Waals surface area contributed by atoms with Gasteiger partial charge in [0, 0.05) is 12.1 Å². The van der Waals surface area contributed by atoms with Crippen LogP contribution in [-0.4, -0.2) is 24.5 Å². The van der Waals surface area contributed by atoms with E-state index in [1.165, 1.54) is 0 Å². The number of urea groups is 1. The number of halogens is 2. The van der Waals surface area contributed by atoms with Gasteiger partial charge in [0.15, 0.2) is 0 Å². The average molecular weight is 325 g/mol. The summed E-state index contributed by atoms with van der Waals surface area (Å²) in [6.07, 6.45) is 2.66. The van der Waals surface area contributed by atoms with Crippen molar-refractivity contribution in [1.29, 1.82) is 0 Å². The number of benzene rings is 1. The van der Waals surface area contributed by atoms with Crippen molar-refractivity contribution in [3.05, 3.63) is 35.4 Å². The lowest BCUT2D eigenvalue weighted by molar-refractivity contribution is -0.122. The summed E-state index contributed by atoms with van der Waals surface area (Å²) in [5.74, 6) is -1.36. The van der Waals surface area contributed by atoms with Crippen LogP contribution in [0, 0.1) is 11.6 Å². The molecule has 3 amide bonds. The van der Waals surface area contributed by atoms with E-state index in [-0.39, 0.29) is 11.5 Å². The minimum Gasteiger partial charge on any atom is -0.354 e. The maximum atomic E-state index is 13.8. The normalized spacial score (nSPS) is 19.4. The van der Waals surface area contributed by atoms with E-state index >= 15 is 0 Å². The van der Waals surface area contributed by atoms with Crippen molar-refractivity contribution in [2.75, 3.05) is 6.54 Å². The van der Waals surface area contributed by atoms with Gasteiger partial charge in [0.2, 0.25) is 5.91 Å². The van der Waals surface area contributed by atoms with Crippen molar-refractivity contribution < 1.29 is 18.4 Å². The minimum absolute atomic E-state index is 0.0907. The van der Waals surface area contributed by atoms with Crippen LogP contribution in [-0.2, 0) is 4.79 Å². The average Bonchev–Trinajstić information content (AvgIpc) is 2.72. The molecule has 0 bridgehead atoms. The Morgan fingerprint density at radius 2 is 2.17 bits per heavy atom. The van der Waals surface area contributed by atoms with Crippen LogP contribution in [0.5, 0.6) is 0 Å². The molecule has 0 spiro atoms. The molecule has 0 saturated carbocycles. The van der Waals surface area contributed by atoms with E-state index in [9.17, 15) is 18.4 Å². The lowest BCUT2D eigenvalue weighted by Crippen LogP contribution is -2.49. The Morgan fingerprint density at radius 3 is 2.91 bits per heavy atom. The number of hydrogen-bond acceptors (Lipinski definition) is 2. The van der Waals surface area contributed by atoms with Crippen LogP contribution >= 0.6 is 0 Å². The molecular formula is C16H21F2N3O2. The van der Waals surface area contributed by atoms with Crippen LogP contribution in [0.25, 0.3) is 0 Å². The lowest BCUT2D eigenvalue weighted by Gasteiger charge is -2.21. The predicted molar refractivity (Wildman–Crippen MR) is 81.7 cm³/mol. The highest BCUT2D eigenvalue weighted by atomic mass is 19.1. The third-order valence-electron chi connectivity index (χ3n) is 3.89. The minimum atomic E-state index is -0.667. The van der Waals surface area contributed by atoms with Gasteiger partial charge >= 0.3 is 6.03 Å². The zero-order chi connectivity index (χ0) is 16.8. The Balaban J connectivity index is 2.02. The molecule has 1 saturated heterocycles. The molecule has 1 aliphatic heterocycles. The van der Waals surface area contributed by atoms with E-state index < -0.39 is 29.7 Å². The van der Waals surface area contributed by atoms with Gasteiger partial charge in [-0.1, -0.05) is 6.92 Å². The molecule has 1 fully saturated rings. The standard InChI is InChI=1S/C16H21F2N3O2/c1-2-13(11-9-10(17)6-7-12(11)18)20-16(23)21-14-5-3-4-8-19-15(14)22/h6-7,9,13-14H,2-5,8H2,1H3,(H,19,22)(H2,20,21,23)/t13-,14-/m1/s1. The van der Waals surface area contributed by atoms with Gasteiger partial charge in [-0.15, -0.1) is 0 Å². The topological polar surface area (TPSA) is 70.2 Å². The first-order valence-electron chi connectivity index (χ1n) is 7.81. The van der Waals surface area contributed by atoms with Crippen molar-refractivity contribution in [3.63, 3.8) is 0 Å². The summed E-state index contributed by atoms with van der Waals surface area (Å²) < 4.78 is 27.1. The molecule has 2 atom stereocenters. The first-order valence-corrected chi connectivity index (χ1v) is 7.81. The molecule has 1 aromatic rings. The number of carbonyl (C=O) groups excluding carboxylic acids is 2. The maximum absolute atomic E-state index is 13.8. The molecule has 1 heterocycles. The van der Waals surface area contributed by atoms with E-state index in [0.29, 0.717) is 19.4 Å². The van der Waals surface area contributed by atoms with Crippen molar-refractivity contribution in [1.82, 2.24) is 16.0 Å². The summed E-state index contributed by atoms with van der Waals surface area (Å²) in [6, 6.07) is 1.30. The molecule has 0 radical (unpaired) electrons. The number of nitrogens with one attached hydrogen (secondary N) is 3. The Bertz CT molecular complexity index is 580. The van der Waals surface area contributed by atoms with Crippen LogP contribution in [0.4, 0.5) is 13.6 Å². The highest BCUT2D eigenvalue weighted by Crippen LogP contribution is 2.21. The Morgan fingerprint density at radius 1 is 1.39 bits per heavy atom. The highest BCUT2D eigenvalue weighted by Gasteiger charge is 2.24. The van der Waals surface area contributed by atoms with Gasteiger partial charge in [-0.3, -0.25) is 4.79 Å². The SMILES string of the molecule is CC[C@@H](NC(=O)N[C@@H]1CCCCNC1=O)c1cc(F)ccc1F. The quantitative estimate of drug-likeness (QED) is 0.795. The summed E-state index contributed by atoms with van der Waals surface area (Å²) in [5, 5.41) is 7.93. The molecule has 1 aliphatic rings. The van der Waals surface area contributed by atoms with Gasteiger partial charge < -0.3 is 16.0 Å². The summed E-state index contributed by atoms with van der Waals surface area (Å²) in [4.78, 5) is 23.9. The largest absolute Gasteiger partial charge is 0.354 e. The van der Waals surface area contributed by atoms with Gasteiger partial charge in [-0.05, 0) is 43.9 Å². The summed E-state index contributed by atoms with van der Waals surface area (Å²) in [7, 11) is 0. The van der Waals surface area contributed by atoms with Crippen LogP contribution in [0.3, 0.4) is 0 Å². The van der Waals surface area contributed by atoms with Crippen LogP contribution in [0.15, 0.2) is 18.2 Å². The second kappa shape index (κ2) is 7.89. The van der Waals surface area contributed by atoms with Crippen molar-refractivity contribution in [3.8, 4) is 0 Å². The predicted octanol–water partition coefficient (Wildman–Crippen LogP) is 2.38. The Labute approximate surface area is 133 Å². The first kappa shape index (κ1) is 17.2. The molecule has 5 nitrogen and oxygen atoms in total. The van der Waals surface area contributed by atoms with Crippen molar-refractivity contribution >= 4 is 11.9 Å². The van der Waals surface area contributed by atoms with Gasteiger partial charge in [-0.2, -0.15) is 0 Å². The number of rotatable bonds is 4. The monoisotopic (exact) mass is 325 g/mol. The van der Waals surface area contributed by atoms with E-state index in [4.69, 9.17) is 0 Å². The van der Waals surface area contributed by atoms with E-state index in [1.807, 2.05) is 0 Å². The van der Waals surface area contributed by atoms with Gasteiger partial charge in [0.1, 0.15) is 17.7 Å². The van der Waals surface area contributed by atoms with Crippen LogP contribution < -0.4 is 16.0 Å². The van der Waals surface area contributed by atoms with Gasteiger partial charge in [0.05, 0.1) is 6.04 Å². The summed E-state index contributed by atoms with van der Waals surface area (Å²) in [5.41, 5.74) is 0.0907. The highest BCUT2D eigenvalue weighted by molar-refractivity contribution is 5.87. The molecule has 0 unspecified atom stereocenters. The zero-order valence-electron chi connectivity index (χ0n) is 13.0.